The number of benzene rings is 1. The van der Waals surface area contributed by atoms with Gasteiger partial charge in [0.05, 0.1) is 0 Å². The zero-order chi connectivity index (χ0) is 8.39. The van der Waals surface area contributed by atoms with Gasteiger partial charge >= 0.3 is 0 Å². The summed E-state index contributed by atoms with van der Waals surface area (Å²) in [6.45, 7) is 2.76. The van der Waals surface area contributed by atoms with Crippen LogP contribution in [0.2, 0.25) is 0 Å². The van der Waals surface area contributed by atoms with Crippen LogP contribution < -0.4 is 10.6 Å². The summed E-state index contributed by atoms with van der Waals surface area (Å²) in [5.74, 6) is 0.322. The molecule has 2 rings (SSSR count). The summed E-state index contributed by atoms with van der Waals surface area (Å²) < 4.78 is 0. The number of phenolic OH excluding ortho intramolecular Hbond substituents is 1. The molecule has 0 unspecified atom stereocenters. The molecule has 0 saturated heterocycles. The lowest BCUT2D eigenvalue weighted by molar-refractivity contribution is 0.475. The fourth-order valence-corrected chi connectivity index (χ4v) is 1.39. The molecule has 12 heavy (non-hydrogen) atoms. The van der Waals surface area contributed by atoms with Crippen molar-refractivity contribution in [2.24, 2.45) is 0 Å². The zero-order valence-corrected chi connectivity index (χ0v) is 6.80. The molecule has 1 aliphatic heterocycles. The second kappa shape index (κ2) is 3.03. The minimum absolute atomic E-state index is 0.322. The first-order chi connectivity index (χ1) is 5.86. The van der Waals surface area contributed by atoms with Gasteiger partial charge in [-0.25, -0.2) is 0 Å². The lowest BCUT2D eigenvalue weighted by atomic mass is 10.1. The summed E-state index contributed by atoms with van der Waals surface area (Å²) in [5.41, 5.74) is 2.25. The Morgan fingerprint density at radius 3 is 3.08 bits per heavy atom. The minimum Gasteiger partial charge on any atom is -0.508 e. The van der Waals surface area contributed by atoms with Crippen molar-refractivity contribution in [3.8, 4) is 5.75 Å². The Bertz CT molecular complexity index is 286. The molecule has 0 aliphatic carbocycles. The maximum Gasteiger partial charge on any atom is 0.117 e. The summed E-state index contributed by atoms with van der Waals surface area (Å²) in [7, 11) is 0. The highest BCUT2D eigenvalue weighted by Gasteiger charge is 2.05. The van der Waals surface area contributed by atoms with E-state index in [1.165, 1.54) is 5.56 Å². The van der Waals surface area contributed by atoms with Crippen molar-refractivity contribution >= 4 is 5.69 Å². The Kier molecular flexibility index (Phi) is 1.87. The molecule has 0 atom stereocenters. The van der Waals surface area contributed by atoms with Crippen molar-refractivity contribution in [2.75, 3.05) is 18.4 Å². The van der Waals surface area contributed by atoms with Gasteiger partial charge in [0.15, 0.2) is 0 Å². The average molecular weight is 164 g/mol. The lowest BCUT2D eigenvalue weighted by Gasteiger charge is -2.06. The molecule has 3 heteroatoms. The van der Waals surface area contributed by atoms with Crippen LogP contribution in [0.4, 0.5) is 5.69 Å². The van der Waals surface area contributed by atoms with Crippen LogP contribution in [0.3, 0.4) is 0 Å². The van der Waals surface area contributed by atoms with Crippen LogP contribution in [0, 0.1) is 0 Å². The highest BCUT2D eigenvalue weighted by molar-refractivity contribution is 5.55. The van der Waals surface area contributed by atoms with Gasteiger partial charge in [-0.2, -0.15) is 0 Å². The first-order valence-electron chi connectivity index (χ1n) is 4.13. The molecule has 0 radical (unpaired) electrons. The molecule has 0 bridgehead atoms. The van der Waals surface area contributed by atoms with E-state index in [1.807, 2.05) is 6.07 Å². The maximum atomic E-state index is 9.22. The molecule has 0 fully saturated rings. The predicted octanol–water partition coefficient (Wildman–Crippen LogP) is 0.907. The van der Waals surface area contributed by atoms with Crippen LogP contribution in [0.5, 0.6) is 5.75 Å². The van der Waals surface area contributed by atoms with Crippen molar-refractivity contribution in [1.29, 1.82) is 0 Å². The van der Waals surface area contributed by atoms with Gasteiger partial charge < -0.3 is 15.7 Å². The Hall–Kier alpha value is -1.22. The minimum atomic E-state index is 0.322. The SMILES string of the molecule is Oc1ccc2c(c1)NCCNC2. The first-order valence-corrected chi connectivity index (χ1v) is 4.13. The van der Waals surface area contributed by atoms with Crippen LogP contribution in [0.25, 0.3) is 0 Å². The highest BCUT2D eigenvalue weighted by Crippen LogP contribution is 2.22. The molecule has 1 heterocycles. The van der Waals surface area contributed by atoms with E-state index in [1.54, 1.807) is 12.1 Å². The third kappa shape index (κ3) is 1.36. The number of phenols is 1. The quantitative estimate of drug-likeness (QED) is 0.534. The first kappa shape index (κ1) is 7.43. The van der Waals surface area contributed by atoms with Crippen molar-refractivity contribution in [1.82, 2.24) is 5.32 Å². The highest BCUT2D eigenvalue weighted by atomic mass is 16.3. The van der Waals surface area contributed by atoms with Crippen LogP contribution in [0.15, 0.2) is 18.2 Å². The summed E-state index contributed by atoms with van der Waals surface area (Å²) in [6, 6.07) is 5.42. The van der Waals surface area contributed by atoms with Crippen molar-refractivity contribution < 1.29 is 5.11 Å². The van der Waals surface area contributed by atoms with Gasteiger partial charge in [0.1, 0.15) is 5.75 Å². The standard InChI is InChI=1S/C9H12N2O/c12-8-2-1-7-6-10-3-4-11-9(7)5-8/h1-2,5,10-12H,3-4,6H2. The van der Waals surface area contributed by atoms with Crippen molar-refractivity contribution in [3.05, 3.63) is 23.8 Å². The Labute approximate surface area is 71.4 Å². The van der Waals surface area contributed by atoms with Crippen LogP contribution in [-0.2, 0) is 6.54 Å². The number of hydrogen-bond acceptors (Lipinski definition) is 3. The molecule has 1 aromatic carbocycles. The van der Waals surface area contributed by atoms with E-state index in [0.29, 0.717) is 5.75 Å². The van der Waals surface area contributed by atoms with Gasteiger partial charge in [-0.3, -0.25) is 0 Å². The van der Waals surface area contributed by atoms with Gasteiger partial charge in [-0.1, -0.05) is 6.07 Å². The Morgan fingerprint density at radius 2 is 2.17 bits per heavy atom. The van der Waals surface area contributed by atoms with E-state index in [4.69, 9.17) is 0 Å². The Balaban J connectivity index is 2.36. The molecule has 0 amide bonds. The van der Waals surface area contributed by atoms with E-state index < -0.39 is 0 Å². The molecular formula is C9H12N2O. The van der Waals surface area contributed by atoms with Gasteiger partial charge in [0.2, 0.25) is 0 Å². The molecule has 0 saturated carbocycles. The van der Waals surface area contributed by atoms with Gasteiger partial charge in [-0.05, 0) is 11.6 Å². The molecule has 3 nitrogen and oxygen atoms in total. The largest absolute Gasteiger partial charge is 0.508 e. The van der Waals surface area contributed by atoms with E-state index in [-0.39, 0.29) is 0 Å². The number of hydrogen-bond donors (Lipinski definition) is 3. The van der Waals surface area contributed by atoms with Crippen molar-refractivity contribution in [3.63, 3.8) is 0 Å². The number of nitrogens with one attached hydrogen (secondary N) is 2. The summed E-state index contributed by atoms with van der Waals surface area (Å²) in [5, 5.41) is 15.7. The summed E-state index contributed by atoms with van der Waals surface area (Å²) in [4.78, 5) is 0. The topological polar surface area (TPSA) is 44.3 Å². The molecular weight excluding hydrogens is 152 g/mol. The van der Waals surface area contributed by atoms with E-state index in [9.17, 15) is 5.11 Å². The number of aromatic hydroxyl groups is 1. The molecule has 3 N–H and O–H groups in total. The third-order valence-corrected chi connectivity index (χ3v) is 2.03. The smallest absolute Gasteiger partial charge is 0.117 e. The van der Waals surface area contributed by atoms with E-state index in [2.05, 4.69) is 10.6 Å². The molecule has 0 spiro atoms. The summed E-state index contributed by atoms with van der Waals surface area (Å²) >= 11 is 0. The fraction of sp³-hybridized carbons (Fsp3) is 0.333. The lowest BCUT2D eigenvalue weighted by Crippen LogP contribution is -2.16. The van der Waals surface area contributed by atoms with Gasteiger partial charge in [-0.15, -0.1) is 0 Å². The van der Waals surface area contributed by atoms with E-state index in [0.717, 1.165) is 25.3 Å². The van der Waals surface area contributed by atoms with Crippen LogP contribution >= 0.6 is 0 Å². The predicted molar refractivity (Wildman–Crippen MR) is 48.3 cm³/mol. The Morgan fingerprint density at radius 1 is 1.25 bits per heavy atom. The van der Waals surface area contributed by atoms with Gasteiger partial charge in [0.25, 0.3) is 0 Å². The number of anilines is 1. The number of fused-ring (bicyclic) bond motifs is 1. The molecule has 0 aromatic heterocycles. The van der Waals surface area contributed by atoms with Crippen LogP contribution in [-0.4, -0.2) is 18.2 Å². The fourth-order valence-electron chi connectivity index (χ4n) is 1.39. The zero-order valence-electron chi connectivity index (χ0n) is 6.80. The molecule has 1 aromatic rings. The molecule has 1 aliphatic rings. The maximum absolute atomic E-state index is 9.22. The van der Waals surface area contributed by atoms with E-state index >= 15 is 0 Å². The van der Waals surface area contributed by atoms with Gasteiger partial charge in [0, 0.05) is 31.4 Å². The monoisotopic (exact) mass is 164 g/mol. The second-order valence-corrected chi connectivity index (χ2v) is 2.95. The average Bonchev–Trinajstić information content (AvgIpc) is 2.28. The van der Waals surface area contributed by atoms with Crippen LogP contribution in [0.1, 0.15) is 5.56 Å². The number of rotatable bonds is 0. The normalized spacial score (nSPS) is 16.0. The van der Waals surface area contributed by atoms with Crippen molar-refractivity contribution in [2.45, 2.75) is 6.54 Å². The third-order valence-electron chi connectivity index (χ3n) is 2.03. The summed E-state index contributed by atoms with van der Waals surface area (Å²) in [6.07, 6.45) is 0. The molecule has 64 valence electrons. The second-order valence-electron chi connectivity index (χ2n) is 2.95.